The molecule has 0 saturated carbocycles. The molecule has 2 aromatic heterocycles. The van der Waals surface area contributed by atoms with Crippen LogP contribution >= 0.6 is 0 Å². The van der Waals surface area contributed by atoms with Crippen LogP contribution < -0.4 is 10.6 Å². The minimum absolute atomic E-state index is 0.0114. The van der Waals surface area contributed by atoms with E-state index in [1.54, 1.807) is 12.4 Å². The van der Waals surface area contributed by atoms with Crippen molar-refractivity contribution in [2.75, 3.05) is 14.1 Å². The Hall–Kier alpha value is -4.35. The molecule has 12 nitrogen and oxygen atoms in total. The fourth-order valence-electron chi connectivity index (χ4n) is 4.74. The Labute approximate surface area is 200 Å². The van der Waals surface area contributed by atoms with Gasteiger partial charge in [-0.25, -0.2) is 9.59 Å². The number of barbiturate groups is 2. The molecule has 4 heterocycles. The highest BCUT2D eigenvalue weighted by Crippen LogP contribution is 2.34. The van der Waals surface area contributed by atoms with Gasteiger partial charge in [-0.15, -0.1) is 0 Å². The maximum atomic E-state index is 13.1. The van der Waals surface area contributed by atoms with E-state index in [9.17, 15) is 28.8 Å². The first-order valence-corrected chi connectivity index (χ1v) is 10.9. The molecule has 0 spiro atoms. The van der Waals surface area contributed by atoms with Crippen LogP contribution in [-0.4, -0.2) is 69.1 Å². The average molecular weight is 480 g/mol. The van der Waals surface area contributed by atoms with E-state index in [1.807, 2.05) is 36.6 Å². The van der Waals surface area contributed by atoms with Gasteiger partial charge in [0, 0.05) is 49.5 Å². The van der Waals surface area contributed by atoms with Crippen LogP contribution in [0.2, 0.25) is 0 Å². The molecule has 35 heavy (non-hydrogen) atoms. The summed E-state index contributed by atoms with van der Waals surface area (Å²) in [5.41, 5.74) is 3.16. The number of carbonyl (C=O) groups is 6. The highest BCUT2D eigenvalue weighted by Gasteiger charge is 2.52. The van der Waals surface area contributed by atoms with Gasteiger partial charge in [0.05, 0.1) is 0 Å². The first-order chi connectivity index (χ1) is 16.5. The molecule has 2 unspecified atom stereocenters. The quantitative estimate of drug-likeness (QED) is 0.584. The van der Waals surface area contributed by atoms with Crippen molar-refractivity contribution in [1.29, 1.82) is 0 Å². The Kier molecular flexibility index (Phi) is 5.97. The molecule has 2 fully saturated rings. The number of nitrogens with one attached hydrogen (secondary N) is 2. The summed E-state index contributed by atoms with van der Waals surface area (Å²) in [4.78, 5) is 81.3. The smallest absolute Gasteiger partial charge is 0.318 e. The minimum Gasteiger partial charge on any atom is -0.318 e. The number of urea groups is 2. The highest BCUT2D eigenvalue weighted by atomic mass is 16.2. The predicted octanol–water partition coefficient (Wildman–Crippen LogP) is 0.297. The number of imide groups is 4. The second-order valence-corrected chi connectivity index (χ2v) is 8.64. The maximum Gasteiger partial charge on any atom is 0.330 e. The van der Waals surface area contributed by atoms with Gasteiger partial charge >= 0.3 is 12.1 Å². The summed E-state index contributed by atoms with van der Waals surface area (Å²) in [5, 5.41) is 4.23. The number of aromatic nitrogens is 2. The number of nitrogens with zero attached hydrogens (tertiary/aromatic N) is 4. The van der Waals surface area contributed by atoms with E-state index in [0.717, 1.165) is 26.9 Å². The van der Waals surface area contributed by atoms with Crippen molar-refractivity contribution >= 4 is 35.7 Å². The lowest BCUT2D eigenvalue weighted by Crippen LogP contribution is -2.64. The zero-order chi connectivity index (χ0) is 25.6. The number of aryl methyl sites for hydroxylation is 1. The number of carbonyl (C=O) groups excluding carboxylic acids is 6. The zero-order valence-electron chi connectivity index (χ0n) is 19.6. The van der Waals surface area contributed by atoms with Gasteiger partial charge in [-0.05, 0) is 44.0 Å². The van der Waals surface area contributed by atoms with Crippen LogP contribution in [0.15, 0.2) is 30.6 Å². The molecule has 182 valence electrons. The lowest BCUT2D eigenvalue weighted by Gasteiger charge is -2.38. The number of rotatable bonds is 5. The lowest BCUT2D eigenvalue weighted by molar-refractivity contribution is -0.150. The summed E-state index contributed by atoms with van der Waals surface area (Å²) in [6.45, 7) is 3.72. The van der Waals surface area contributed by atoms with Gasteiger partial charge in [0.15, 0.2) is 0 Å². The van der Waals surface area contributed by atoms with Crippen LogP contribution in [0, 0.1) is 31.6 Å². The normalized spacial score (nSPS) is 21.8. The summed E-state index contributed by atoms with van der Waals surface area (Å²) in [6, 6.07) is 3.70. The summed E-state index contributed by atoms with van der Waals surface area (Å²) < 4.78 is 1.95. The van der Waals surface area contributed by atoms with Crippen LogP contribution in [0.3, 0.4) is 0 Å². The fourth-order valence-corrected chi connectivity index (χ4v) is 4.74. The fraction of sp³-hybridized carbons (Fsp3) is 0.348. The third-order valence-corrected chi connectivity index (χ3v) is 6.60. The van der Waals surface area contributed by atoms with Gasteiger partial charge in [0.1, 0.15) is 11.8 Å². The molecule has 0 bridgehead atoms. The molecule has 2 N–H and O–H groups in total. The van der Waals surface area contributed by atoms with Gasteiger partial charge in [-0.1, -0.05) is 0 Å². The SMILES string of the molecule is Cc1cc(CC(C2C(=O)NC(=O)N(C)C2=O)C2C(=O)NC(=O)N(C)C2=O)c(C)n1-c1ccncc1. The molecular weight excluding hydrogens is 456 g/mol. The Balaban J connectivity index is 1.81. The Bertz CT molecular complexity index is 1220. The van der Waals surface area contributed by atoms with E-state index < -0.39 is 53.4 Å². The van der Waals surface area contributed by atoms with Crippen molar-refractivity contribution in [2.24, 2.45) is 17.8 Å². The van der Waals surface area contributed by atoms with E-state index >= 15 is 0 Å². The molecule has 0 aromatic carbocycles. The maximum absolute atomic E-state index is 13.1. The second kappa shape index (κ2) is 8.78. The highest BCUT2D eigenvalue weighted by molar-refractivity contribution is 6.19. The number of pyridine rings is 1. The standard InChI is InChI=1S/C23H24N6O6/c1-11-9-13(12(2)29(11)14-5-7-24-8-6-14)10-15(16-18(30)25-22(34)27(3)20(16)32)17-19(31)26-23(35)28(4)21(17)33/h5-9,15-17H,10H2,1-4H3,(H,25,30,34)(H,26,31,35). The van der Waals surface area contributed by atoms with E-state index in [4.69, 9.17) is 0 Å². The molecule has 0 aliphatic carbocycles. The molecule has 4 rings (SSSR count). The van der Waals surface area contributed by atoms with E-state index in [2.05, 4.69) is 15.6 Å². The molecule has 2 atom stereocenters. The first-order valence-electron chi connectivity index (χ1n) is 10.9. The minimum atomic E-state index is -1.50. The van der Waals surface area contributed by atoms with Crippen molar-refractivity contribution in [3.05, 3.63) is 47.5 Å². The first kappa shape index (κ1) is 23.8. The van der Waals surface area contributed by atoms with E-state index in [1.165, 1.54) is 14.1 Å². The monoisotopic (exact) mass is 480 g/mol. The number of amides is 8. The van der Waals surface area contributed by atoms with Crippen LogP contribution in [0.4, 0.5) is 9.59 Å². The van der Waals surface area contributed by atoms with Crippen molar-refractivity contribution < 1.29 is 28.8 Å². The van der Waals surface area contributed by atoms with Crippen molar-refractivity contribution in [1.82, 2.24) is 30.0 Å². The molecule has 0 radical (unpaired) electrons. The van der Waals surface area contributed by atoms with E-state index in [-0.39, 0.29) is 6.42 Å². The third-order valence-electron chi connectivity index (χ3n) is 6.60. The van der Waals surface area contributed by atoms with Crippen molar-refractivity contribution in [3.8, 4) is 5.69 Å². The topological polar surface area (TPSA) is 151 Å². The molecule has 2 saturated heterocycles. The summed E-state index contributed by atoms with van der Waals surface area (Å²) in [7, 11) is 2.42. The van der Waals surface area contributed by atoms with Gasteiger partial charge in [-0.3, -0.25) is 44.6 Å². The largest absolute Gasteiger partial charge is 0.330 e. The van der Waals surface area contributed by atoms with Gasteiger partial charge in [-0.2, -0.15) is 0 Å². The van der Waals surface area contributed by atoms with Gasteiger partial charge in [0.25, 0.3) is 0 Å². The molecule has 2 aliphatic rings. The Morgan fingerprint density at radius 2 is 1.34 bits per heavy atom. The van der Waals surface area contributed by atoms with Crippen LogP contribution in [0.25, 0.3) is 5.69 Å². The third kappa shape index (κ3) is 3.96. The predicted molar refractivity (Wildman–Crippen MR) is 120 cm³/mol. The summed E-state index contributed by atoms with van der Waals surface area (Å²) in [5.74, 6) is -7.60. The van der Waals surface area contributed by atoms with E-state index in [0.29, 0.717) is 5.56 Å². The van der Waals surface area contributed by atoms with Crippen LogP contribution in [-0.2, 0) is 25.6 Å². The number of hydrogen-bond donors (Lipinski definition) is 2. The number of hydrogen-bond acceptors (Lipinski definition) is 7. The van der Waals surface area contributed by atoms with Crippen molar-refractivity contribution in [3.63, 3.8) is 0 Å². The second-order valence-electron chi connectivity index (χ2n) is 8.64. The Morgan fingerprint density at radius 3 is 1.83 bits per heavy atom. The molecule has 8 amide bonds. The zero-order valence-corrected chi connectivity index (χ0v) is 19.6. The molecule has 12 heteroatoms. The van der Waals surface area contributed by atoms with Gasteiger partial charge in [0.2, 0.25) is 23.6 Å². The summed E-state index contributed by atoms with van der Waals surface area (Å²) >= 11 is 0. The molecule has 2 aliphatic heterocycles. The van der Waals surface area contributed by atoms with Gasteiger partial charge < -0.3 is 4.57 Å². The van der Waals surface area contributed by atoms with Crippen LogP contribution in [0.5, 0.6) is 0 Å². The molecular formula is C23H24N6O6. The lowest BCUT2D eigenvalue weighted by atomic mass is 9.74. The van der Waals surface area contributed by atoms with Crippen LogP contribution in [0.1, 0.15) is 17.0 Å². The summed E-state index contributed by atoms with van der Waals surface area (Å²) in [6.07, 6.45) is 3.28. The Morgan fingerprint density at radius 1 is 0.857 bits per heavy atom. The average Bonchev–Trinajstić information content (AvgIpc) is 3.09. The van der Waals surface area contributed by atoms with Crippen molar-refractivity contribution in [2.45, 2.75) is 20.3 Å². The molecule has 2 aromatic rings.